The molecule has 1 aromatic carbocycles. The minimum atomic E-state index is -0.511. The van der Waals surface area contributed by atoms with Gasteiger partial charge in [0.15, 0.2) is 0 Å². The highest BCUT2D eigenvalue weighted by atomic mass is 16.5. The summed E-state index contributed by atoms with van der Waals surface area (Å²) in [6, 6.07) is 9.87. The first-order chi connectivity index (χ1) is 12.2. The van der Waals surface area contributed by atoms with Crippen LogP contribution in [0.15, 0.2) is 30.3 Å². The summed E-state index contributed by atoms with van der Waals surface area (Å²) in [6.07, 6.45) is 3.10. The van der Waals surface area contributed by atoms with Crippen molar-refractivity contribution in [1.82, 2.24) is 15.1 Å². The monoisotopic (exact) mass is 343 g/mol. The number of amides is 2. The zero-order valence-corrected chi connectivity index (χ0v) is 14.4. The zero-order chi connectivity index (χ0) is 17.2. The number of carbonyl (C=O) groups excluding carboxylic acids is 2. The average Bonchev–Trinajstić information content (AvgIpc) is 2.90. The molecule has 2 amide bonds. The van der Waals surface area contributed by atoms with E-state index in [1.807, 2.05) is 35.2 Å². The van der Waals surface area contributed by atoms with Gasteiger partial charge in [-0.15, -0.1) is 0 Å². The second-order valence-corrected chi connectivity index (χ2v) is 7.16. The van der Waals surface area contributed by atoms with Gasteiger partial charge in [-0.1, -0.05) is 30.3 Å². The topological polar surface area (TPSA) is 61.9 Å². The second-order valence-electron chi connectivity index (χ2n) is 7.16. The smallest absolute Gasteiger partial charge is 0.249 e. The third-order valence-electron chi connectivity index (χ3n) is 5.59. The van der Waals surface area contributed by atoms with Gasteiger partial charge in [0, 0.05) is 25.2 Å². The zero-order valence-electron chi connectivity index (χ0n) is 14.4. The first-order valence-electron chi connectivity index (χ1n) is 9.18. The number of hydrogen-bond acceptors (Lipinski definition) is 4. The van der Waals surface area contributed by atoms with Crippen molar-refractivity contribution < 1.29 is 14.3 Å². The molecule has 2 unspecified atom stereocenters. The number of ether oxygens (including phenoxy) is 1. The first-order valence-corrected chi connectivity index (χ1v) is 9.18. The Morgan fingerprint density at radius 1 is 1.16 bits per heavy atom. The number of hydrogen-bond donors (Lipinski definition) is 1. The van der Waals surface area contributed by atoms with Crippen molar-refractivity contribution in [3.8, 4) is 0 Å². The molecule has 6 heteroatoms. The second kappa shape index (κ2) is 7.14. The molecule has 3 aliphatic heterocycles. The summed E-state index contributed by atoms with van der Waals surface area (Å²) in [5, 5.41) is 3.42. The summed E-state index contributed by atoms with van der Waals surface area (Å²) >= 11 is 0. The lowest BCUT2D eigenvalue weighted by molar-refractivity contribution is -0.161. The Labute approximate surface area is 148 Å². The maximum Gasteiger partial charge on any atom is 0.249 e. The van der Waals surface area contributed by atoms with Crippen molar-refractivity contribution >= 4 is 11.8 Å². The van der Waals surface area contributed by atoms with Crippen LogP contribution in [-0.4, -0.2) is 66.0 Å². The van der Waals surface area contributed by atoms with Crippen LogP contribution in [0.4, 0.5) is 0 Å². The predicted molar refractivity (Wildman–Crippen MR) is 92.7 cm³/mol. The van der Waals surface area contributed by atoms with Crippen LogP contribution in [0.1, 0.15) is 24.8 Å². The molecule has 3 atom stereocenters. The summed E-state index contributed by atoms with van der Waals surface area (Å²) in [5.74, 6) is -0.0473. The fourth-order valence-electron chi connectivity index (χ4n) is 4.30. The number of carbonyl (C=O) groups is 2. The van der Waals surface area contributed by atoms with Crippen LogP contribution < -0.4 is 5.32 Å². The lowest BCUT2D eigenvalue weighted by atomic mass is 10.1. The molecular weight excluding hydrogens is 318 g/mol. The molecule has 0 spiro atoms. The minimum Gasteiger partial charge on any atom is -0.369 e. The highest BCUT2D eigenvalue weighted by molar-refractivity contribution is 5.89. The molecule has 2 bridgehead atoms. The van der Waals surface area contributed by atoms with Crippen LogP contribution in [0.5, 0.6) is 0 Å². The molecule has 3 fully saturated rings. The van der Waals surface area contributed by atoms with Gasteiger partial charge in [-0.25, -0.2) is 0 Å². The van der Waals surface area contributed by atoms with Gasteiger partial charge in [-0.3, -0.25) is 9.59 Å². The van der Waals surface area contributed by atoms with Gasteiger partial charge in [-0.2, -0.15) is 0 Å². The van der Waals surface area contributed by atoms with Gasteiger partial charge in [0.25, 0.3) is 0 Å². The molecule has 0 saturated carbocycles. The standard InChI is InChI=1S/C19H25N3O3/c23-18-13-25-12-17(21(18)11-14-4-2-1-3-5-14)19(24)22-15-6-7-16(22)10-20-9-8-15/h1-5,15-17,20H,6-13H2/t15?,16?,17-/m1/s1. The Morgan fingerprint density at radius 3 is 2.80 bits per heavy atom. The predicted octanol–water partition coefficient (Wildman–Crippen LogP) is 0.767. The first kappa shape index (κ1) is 16.5. The van der Waals surface area contributed by atoms with E-state index >= 15 is 0 Å². The lowest BCUT2D eigenvalue weighted by Gasteiger charge is -2.39. The van der Waals surface area contributed by atoms with E-state index in [2.05, 4.69) is 5.32 Å². The molecule has 134 valence electrons. The van der Waals surface area contributed by atoms with Crippen LogP contribution in [0.2, 0.25) is 0 Å². The van der Waals surface area contributed by atoms with Gasteiger partial charge in [0.2, 0.25) is 11.8 Å². The number of benzene rings is 1. The Balaban J connectivity index is 1.55. The van der Waals surface area contributed by atoms with Crippen molar-refractivity contribution in [2.45, 2.75) is 43.9 Å². The molecule has 0 aliphatic carbocycles. The number of rotatable bonds is 3. The molecule has 3 aliphatic rings. The average molecular weight is 343 g/mol. The van der Waals surface area contributed by atoms with E-state index in [0.717, 1.165) is 37.9 Å². The van der Waals surface area contributed by atoms with Gasteiger partial charge >= 0.3 is 0 Å². The lowest BCUT2D eigenvalue weighted by Crippen LogP contribution is -2.59. The van der Waals surface area contributed by atoms with E-state index < -0.39 is 6.04 Å². The fourth-order valence-corrected chi connectivity index (χ4v) is 4.30. The molecule has 1 aromatic rings. The fraction of sp³-hybridized carbons (Fsp3) is 0.579. The quantitative estimate of drug-likeness (QED) is 0.881. The molecular formula is C19H25N3O3. The maximum absolute atomic E-state index is 13.3. The van der Waals surface area contributed by atoms with Crippen LogP contribution in [-0.2, 0) is 20.9 Å². The van der Waals surface area contributed by atoms with Crippen molar-refractivity contribution in [3.63, 3.8) is 0 Å². The van der Waals surface area contributed by atoms with Crippen molar-refractivity contribution in [1.29, 1.82) is 0 Å². The van der Waals surface area contributed by atoms with Gasteiger partial charge in [0.1, 0.15) is 12.6 Å². The van der Waals surface area contributed by atoms with Crippen molar-refractivity contribution in [2.75, 3.05) is 26.3 Å². The van der Waals surface area contributed by atoms with E-state index in [-0.39, 0.29) is 24.5 Å². The minimum absolute atomic E-state index is 0.0557. The Kier molecular flexibility index (Phi) is 4.72. The third kappa shape index (κ3) is 3.28. The SMILES string of the molecule is O=C([C@H]1COCC(=O)N1Cc1ccccc1)N1C2CCNCC1CC2. The van der Waals surface area contributed by atoms with Crippen molar-refractivity contribution in [3.05, 3.63) is 35.9 Å². The largest absolute Gasteiger partial charge is 0.369 e. The third-order valence-corrected chi connectivity index (χ3v) is 5.59. The van der Waals surface area contributed by atoms with Gasteiger partial charge in [-0.05, 0) is 31.4 Å². The van der Waals surface area contributed by atoms with Crippen LogP contribution in [0.3, 0.4) is 0 Å². The van der Waals surface area contributed by atoms with Gasteiger partial charge in [0.05, 0.1) is 6.61 Å². The molecule has 4 rings (SSSR count). The van der Waals surface area contributed by atoms with Gasteiger partial charge < -0.3 is 19.9 Å². The highest BCUT2D eigenvalue weighted by Gasteiger charge is 2.44. The number of morpholine rings is 1. The molecule has 6 nitrogen and oxygen atoms in total. The number of nitrogens with one attached hydrogen (secondary N) is 1. The summed E-state index contributed by atoms with van der Waals surface area (Å²) in [7, 11) is 0. The highest BCUT2D eigenvalue weighted by Crippen LogP contribution is 2.30. The Morgan fingerprint density at radius 2 is 1.96 bits per heavy atom. The molecule has 25 heavy (non-hydrogen) atoms. The molecule has 3 saturated heterocycles. The van der Waals surface area contributed by atoms with E-state index in [0.29, 0.717) is 19.2 Å². The van der Waals surface area contributed by atoms with Crippen LogP contribution >= 0.6 is 0 Å². The number of fused-ring (bicyclic) bond motifs is 2. The van der Waals surface area contributed by atoms with Crippen molar-refractivity contribution in [2.24, 2.45) is 0 Å². The van der Waals surface area contributed by atoms with Crippen LogP contribution in [0, 0.1) is 0 Å². The summed E-state index contributed by atoms with van der Waals surface area (Å²) in [5.41, 5.74) is 1.04. The maximum atomic E-state index is 13.3. The van der Waals surface area contributed by atoms with E-state index in [1.165, 1.54) is 0 Å². The summed E-state index contributed by atoms with van der Waals surface area (Å²) in [4.78, 5) is 29.6. The van der Waals surface area contributed by atoms with E-state index in [4.69, 9.17) is 4.74 Å². The van der Waals surface area contributed by atoms with Crippen LogP contribution in [0.25, 0.3) is 0 Å². The Hall–Kier alpha value is -1.92. The molecule has 3 heterocycles. The molecule has 0 aromatic heterocycles. The Bertz CT molecular complexity index is 622. The van der Waals surface area contributed by atoms with E-state index in [1.54, 1.807) is 4.90 Å². The molecule has 1 N–H and O–H groups in total. The summed E-state index contributed by atoms with van der Waals surface area (Å²) in [6.45, 7) is 2.62. The number of nitrogens with zero attached hydrogens (tertiary/aromatic N) is 2. The summed E-state index contributed by atoms with van der Waals surface area (Å²) < 4.78 is 5.44. The normalized spacial score (nSPS) is 29.6. The van der Waals surface area contributed by atoms with E-state index in [9.17, 15) is 9.59 Å². The molecule has 0 radical (unpaired) electrons.